The van der Waals surface area contributed by atoms with Gasteiger partial charge in [0.1, 0.15) is 0 Å². The van der Waals surface area contributed by atoms with Crippen molar-refractivity contribution in [1.82, 2.24) is 8.61 Å². The van der Waals surface area contributed by atoms with E-state index in [1.807, 2.05) is 0 Å². The molecule has 0 aromatic heterocycles. The van der Waals surface area contributed by atoms with Gasteiger partial charge in [-0.25, -0.2) is 0 Å². The molecule has 2 heterocycles. The molecule has 2 fully saturated rings. The average Bonchev–Trinajstić information content (AvgIpc) is 2.48. The Bertz CT molecular complexity index is 458. The van der Waals surface area contributed by atoms with E-state index in [2.05, 4.69) is 6.92 Å². The zero-order valence-corrected chi connectivity index (χ0v) is 13.8. The van der Waals surface area contributed by atoms with E-state index in [1.54, 1.807) is 11.2 Å². The number of rotatable bonds is 4. The van der Waals surface area contributed by atoms with Crippen LogP contribution in [0.1, 0.15) is 39.5 Å². The normalized spacial score (nSPS) is 26.7. The lowest BCUT2D eigenvalue weighted by Crippen LogP contribution is -2.51. The smallest absolute Gasteiger partial charge is 0.310 e. The van der Waals surface area contributed by atoms with Crippen molar-refractivity contribution in [2.75, 3.05) is 32.8 Å². The molecule has 2 rings (SSSR count). The quantitative estimate of drug-likeness (QED) is 0.732. The summed E-state index contributed by atoms with van der Waals surface area (Å²) in [5, 5.41) is 0. The van der Waals surface area contributed by atoms with E-state index in [4.69, 9.17) is 4.74 Å². The van der Waals surface area contributed by atoms with E-state index >= 15 is 0 Å². The monoisotopic (exact) mass is 318 g/mol. The molecule has 6 nitrogen and oxygen atoms in total. The van der Waals surface area contributed by atoms with Crippen LogP contribution in [-0.2, 0) is 19.7 Å². The van der Waals surface area contributed by atoms with E-state index in [0.717, 1.165) is 12.8 Å². The third kappa shape index (κ3) is 3.96. The van der Waals surface area contributed by atoms with E-state index in [0.29, 0.717) is 45.0 Å². The Morgan fingerprint density at radius 3 is 2.43 bits per heavy atom. The molecule has 0 spiro atoms. The molecule has 21 heavy (non-hydrogen) atoms. The van der Waals surface area contributed by atoms with E-state index in [1.165, 1.54) is 4.31 Å². The van der Waals surface area contributed by atoms with Crippen molar-refractivity contribution in [2.24, 2.45) is 11.8 Å². The maximum atomic E-state index is 12.7. The minimum absolute atomic E-state index is 0.257. The first kappa shape index (κ1) is 16.7. The molecule has 0 unspecified atom stereocenters. The van der Waals surface area contributed by atoms with Gasteiger partial charge in [0.05, 0.1) is 12.5 Å². The SMILES string of the molecule is CCOC(=O)[C@@H]1CCCN(S(=O)(=O)N2CCC(C)CC2)C1. The molecule has 1 atom stereocenters. The zero-order chi connectivity index (χ0) is 15.5. The zero-order valence-electron chi connectivity index (χ0n) is 13.0. The molecule has 0 aromatic rings. The molecule has 0 saturated carbocycles. The number of hydrogen-bond acceptors (Lipinski definition) is 4. The highest BCUT2D eigenvalue weighted by molar-refractivity contribution is 7.86. The van der Waals surface area contributed by atoms with Crippen LogP contribution >= 0.6 is 0 Å². The van der Waals surface area contributed by atoms with Gasteiger partial charge in [0.2, 0.25) is 0 Å². The topological polar surface area (TPSA) is 66.9 Å². The third-order valence-electron chi connectivity index (χ3n) is 4.40. The maximum absolute atomic E-state index is 12.7. The fourth-order valence-corrected chi connectivity index (χ4v) is 4.71. The van der Waals surface area contributed by atoms with Gasteiger partial charge in [0, 0.05) is 26.2 Å². The molecule has 0 aliphatic carbocycles. The highest BCUT2D eigenvalue weighted by Crippen LogP contribution is 2.25. The van der Waals surface area contributed by atoms with Gasteiger partial charge in [-0.15, -0.1) is 0 Å². The highest BCUT2D eigenvalue weighted by atomic mass is 32.2. The van der Waals surface area contributed by atoms with Crippen LogP contribution in [0.4, 0.5) is 0 Å². The van der Waals surface area contributed by atoms with Crippen LogP contribution < -0.4 is 0 Å². The molecular weight excluding hydrogens is 292 g/mol. The molecule has 0 radical (unpaired) electrons. The number of hydrogen-bond donors (Lipinski definition) is 0. The molecule has 0 bridgehead atoms. The number of carbonyl (C=O) groups is 1. The van der Waals surface area contributed by atoms with Crippen LogP contribution in [0.25, 0.3) is 0 Å². The lowest BCUT2D eigenvalue weighted by molar-refractivity contribution is -0.149. The van der Waals surface area contributed by atoms with Crippen molar-refractivity contribution < 1.29 is 17.9 Å². The van der Waals surface area contributed by atoms with E-state index < -0.39 is 10.2 Å². The van der Waals surface area contributed by atoms with Gasteiger partial charge in [0.15, 0.2) is 0 Å². The molecule has 0 amide bonds. The van der Waals surface area contributed by atoms with Crippen LogP contribution in [0.2, 0.25) is 0 Å². The van der Waals surface area contributed by atoms with E-state index in [-0.39, 0.29) is 18.4 Å². The number of ether oxygens (including phenoxy) is 1. The molecule has 7 heteroatoms. The largest absolute Gasteiger partial charge is 0.466 e. The summed E-state index contributed by atoms with van der Waals surface area (Å²) >= 11 is 0. The van der Waals surface area contributed by atoms with Gasteiger partial charge in [-0.05, 0) is 38.5 Å². The number of piperidine rings is 2. The number of carbonyl (C=O) groups excluding carboxylic acids is 1. The first-order chi connectivity index (χ1) is 9.95. The fraction of sp³-hybridized carbons (Fsp3) is 0.929. The van der Waals surface area contributed by atoms with Crippen LogP contribution in [0.5, 0.6) is 0 Å². The van der Waals surface area contributed by atoms with Crippen molar-refractivity contribution in [1.29, 1.82) is 0 Å². The molecule has 2 saturated heterocycles. The first-order valence-corrected chi connectivity index (χ1v) is 9.26. The Labute approximate surface area is 127 Å². The van der Waals surface area contributed by atoms with E-state index in [9.17, 15) is 13.2 Å². The third-order valence-corrected chi connectivity index (χ3v) is 6.40. The first-order valence-electron chi connectivity index (χ1n) is 7.87. The Morgan fingerprint density at radius 1 is 1.14 bits per heavy atom. The van der Waals surface area contributed by atoms with Crippen LogP contribution in [-0.4, -0.2) is 55.8 Å². The Kier molecular flexibility index (Phi) is 5.62. The summed E-state index contributed by atoms with van der Waals surface area (Å²) in [6.07, 6.45) is 3.25. The predicted molar refractivity (Wildman–Crippen MR) is 79.8 cm³/mol. The molecule has 2 aliphatic rings. The molecular formula is C14H26N2O4S. The van der Waals surface area contributed by atoms with Gasteiger partial charge < -0.3 is 4.74 Å². The van der Waals surface area contributed by atoms with Gasteiger partial charge in [-0.2, -0.15) is 17.0 Å². The summed E-state index contributed by atoms with van der Waals surface area (Å²) in [6.45, 7) is 6.20. The lowest BCUT2D eigenvalue weighted by atomic mass is 10.0. The lowest BCUT2D eigenvalue weighted by Gasteiger charge is -2.37. The Morgan fingerprint density at radius 2 is 1.81 bits per heavy atom. The molecule has 0 aromatic carbocycles. The van der Waals surface area contributed by atoms with Crippen molar-refractivity contribution in [3.63, 3.8) is 0 Å². The van der Waals surface area contributed by atoms with Crippen LogP contribution in [0.15, 0.2) is 0 Å². The van der Waals surface area contributed by atoms with Crippen molar-refractivity contribution in [2.45, 2.75) is 39.5 Å². The second-order valence-electron chi connectivity index (χ2n) is 6.04. The highest BCUT2D eigenvalue weighted by Gasteiger charge is 2.37. The van der Waals surface area contributed by atoms with Gasteiger partial charge in [-0.1, -0.05) is 6.92 Å². The van der Waals surface area contributed by atoms with Gasteiger partial charge in [0.25, 0.3) is 10.2 Å². The standard InChI is InChI=1S/C14H26N2O4S/c1-3-20-14(17)13-5-4-8-16(11-13)21(18,19)15-9-6-12(2)7-10-15/h12-13H,3-11H2,1-2H3/t13-/m1/s1. The van der Waals surface area contributed by atoms with Crippen molar-refractivity contribution in [3.05, 3.63) is 0 Å². The van der Waals surface area contributed by atoms with Crippen LogP contribution in [0.3, 0.4) is 0 Å². The van der Waals surface area contributed by atoms with Crippen LogP contribution in [0, 0.1) is 11.8 Å². The fourth-order valence-electron chi connectivity index (χ4n) is 2.98. The molecule has 122 valence electrons. The minimum atomic E-state index is -3.43. The second kappa shape index (κ2) is 7.07. The second-order valence-corrected chi connectivity index (χ2v) is 7.97. The number of nitrogens with zero attached hydrogens (tertiary/aromatic N) is 2. The summed E-state index contributed by atoms with van der Waals surface area (Å²) in [5.41, 5.74) is 0. The average molecular weight is 318 g/mol. The van der Waals surface area contributed by atoms with Gasteiger partial charge in [-0.3, -0.25) is 4.79 Å². The Hall–Kier alpha value is -0.660. The Balaban J connectivity index is 2.01. The summed E-state index contributed by atoms with van der Waals surface area (Å²) in [5.74, 6) is -0.00746. The minimum Gasteiger partial charge on any atom is -0.466 e. The van der Waals surface area contributed by atoms with Gasteiger partial charge >= 0.3 is 5.97 Å². The molecule has 2 aliphatic heterocycles. The number of esters is 1. The maximum Gasteiger partial charge on any atom is 0.310 e. The summed E-state index contributed by atoms with van der Waals surface area (Å²) in [7, 11) is -3.43. The predicted octanol–water partition coefficient (Wildman–Crippen LogP) is 1.24. The van der Waals surface area contributed by atoms with Crippen molar-refractivity contribution >= 4 is 16.2 Å². The summed E-state index contributed by atoms with van der Waals surface area (Å²) in [6, 6.07) is 0. The summed E-state index contributed by atoms with van der Waals surface area (Å²) in [4.78, 5) is 11.8. The summed E-state index contributed by atoms with van der Waals surface area (Å²) < 4.78 is 33.4. The van der Waals surface area contributed by atoms with Crippen molar-refractivity contribution in [3.8, 4) is 0 Å². The molecule has 0 N–H and O–H groups in total.